The van der Waals surface area contributed by atoms with Crippen LogP contribution < -0.4 is 5.32 Å². The second kappa shape index (κ2) is 8.12. The molecule has 0 unspecified atom stereocenters. The van der Waals surface area contributed by atoms with Crippen molar-refractivity contribution in [2.45, 2.75) is 57.8 Å². The Labute approximate surface area is 136 Å². The first-order valence-corrected chi connectivity index (χ1v) is 11.8. The molecular formula is C14H25NO5SSi. The van der Waals surface area contributed by atoms with Crippen molar-refractivity contribution >= 4 is 37.1 Å². The Morgan fingerprint density at radius 1 is 1.36 bits per heavy atom. The SMILES string of the molecule is CCCC(=O)OCC(=O)S[C@H]1NC(=O)[C@@H]1[C@@H](C)O[Si](C)(C)C. The lowest BCUT2D eigenvalue weighted by Gasteiger charge is -2.41. The Bertz CT molecular complexity index is 437. The minimum absolute atomic E-state index is 0.0981. The van der Waals surface area contributed by atoms with Crippen molar-refractivity contribution in [1.29, 1.82) is 0 Å². The van der Waals surface area contributed by atoms with Crippen LogP contribution in [0.5, 0.6) is 0 Å². The number of nitrogens with one attached hydrogen (secondary N) is 1. The molecule has 0 aromatic rings. The van der Waals surface area contributed by atoms with Gasteiger partial charge >= 0.3 is 5.97 Å². The van der Waals surface area contributed by atoms with Gasteiger partial charge in [-0.15, -0.1) is 0 Å². The maximum atomic E-state index is 11.8. The van der Waals surface area contributed by atoms with Crippen molar-refractivity contribution in [2.24, 2.45) is 5.92 Å². The standard InChI is InChI=1S/C14H25NO5SSi/c1-6-7-10(16)19-8-11(17)21-14-12(13(18)15-14)9(2)20-22(3,4)5/h9,12,14H,6-8H2,1-5H3,(H,15,18)/t9-,12+,14-/m1/s1. The Morgan fingerprint density at radius 3 is 2.50 bits per heavy atom. The molecule has 3 atom stereocenters. The van der Waals surface area contributed by atoms with E-state index < -0.39 is 8.32 Å². The zero-order valence-corrected chi connectivity index (χ0v) is 15.6. The van der Waals surface area contributed by atoms with Gasteiger partial charge in [-0.05, 0) is 33.0 Å². The molecule has 1 heterocycles. The summed E-state index contributed by atoms with van der Waals surface area (Å²) >= 11 is 1.000. The smallest absolute Gasteiger partial charge is 0.306 e. The van der Waals surface area contributed by atoms with Gasteiger partial charge < -0.3 is 14.5 Å². The molecule has 1 saturated heterocycles. The van der Waals surface area contributed by atoms with Crippen LogP contribution in [-0.4, -0.2) is 43.4 Å². The summed E-state index contributed by atoms with van der Waals surface area (Å²) in [5, 5.41) is 2.13. The minimum Gasteiger partial charge on any atom is -0.457 e. The monoisotopic (exact) mass is 347 g/mol. The van der Waals surface area contributed by atoms with E-state index in [2.05, 4.69) is 25.0 Å². The molecule has 0 bridgehead atoms. The summed E-state index contributed by atoms with van der Waals surface area (Å²) in [4.78, 5) is 34.8. The second-order valence-electron chi connectivity index (χ2n) is 6.29. The van der Waals surface area contributed by atoms with Crippen molar-refractivity contribution < 1.29 is 23.5 Å². The highest BCUT2D eigenvalue weighted by Crippen LogP contribution is 2.31. The van der Waals surface area contributed by atoms with E-state index in [9.17, 15) is 14.4 Å². The third kappa shape index (κ3) is 6.10. The van der Waals surface area contributed by atoms with Crippen LogP contribution in [0.15, 0.2) is 0 Å². The molecule has 0 radical (unpaired) electrons. The van der Waals surface area contributed by atoms with Gasteiger partial charge in [0.1, 0.15) is 0 Å². The lowest BCUT2D eigenvalue weighted by Crippen LogP contribution is -2.62. The molecule has 1 rings (SSSR count). The summed E-state index contributed by atoms with van der Waals surface area (Å²) in [6.45, 7) is 9.64. The largest absolute Gasteiger partial charge is 0.457 e. The highest BCUT2D eigenvalue weighted by Gasteiger charge is 2.46. The van der Waals surface area contributed by atoms with E-state index in [1.165, 1.54) is 0 Å². The molecule has 0 aromatic heterocycles. The Balaban J connectivity index is 2.43. The van der Waals surface area contributed by atoms with Gasteiger partial charge in [0.15, 0.2) is 14.9 Å². The van der Waals surface area contributed by atoms with Crippen LogP contribution >= 0.6 is 11.8 Å². The van der Waals surface area contributed by atoms with Crippen LogP contribution in [-0.2, 0) is 23.5 Å². The first-order chi connectivity index (χ1) is 10.1. The van der Waals surface area contributed by atoms with Crippen LogP contribution in [0.3, 0.4) is 0 Å². The second-order valence-corrected chi connectivity index (χ2v) is 12.0. The van der Waals surface area contributed by atoms with Gasteiger partial charge in [-0.25, -0.2) is 0 Å². The fraction of sp³-hybridized carbons (Fsp3) is 0.786. The highest BCUT2D eigenvalue weighted by molar-refractivity contribution is 8.14. The maximum Gasteiger partial charge on any atom is 0.306 e. The molecule has 6 nitrogen and oxygen atoms in total. The molecule has 22 heavy (non-hydrogen) atoms. The number of hydrogen-bond acceptors (Lipinski definition) is 6. The van der Waals surface area contributed by atoms with Crippen LogP contribution in [0.2, 0.25) is 19.6 Å². The van der Waals surface area contributed by atoms with Crippen molar-refractivity contribution in [3.8, 4) is 0 Å². The lowest BCUT2D eigenvalue weighted by molar-refractivity contribution is -0.146. The van der Waals surface area contributed by atoms with Gasteiger partial charge in [-0.2, -0.15) is 0 Å². The molecule has 1 fully saturated rings. The number of thioether (sulfide) groups is 1. The maximum absolute atomic E-state index is 11.8. The van der Waals surface area contributed by atoms with E-state index in [4.69, 9.17) is 9.16 Å². The zero-order valence-electron chi connectivity index (χ0n) is 13.8. The number of β-lactam (4-membered cyclic amide) rings is 1. The van der Waals surface area contributed by atoms with E-state index in [0.29, 0.717) is 12.8 Å². The van der Waals surface area contributed by atoms with Crippen molar-refractivity contribution in [2.75, 3.05) is 6.61 Å². The molecule has 126 valence electrons. The normalized spacial score (nSPS) is 22.5. The predicted octanol–water partition coefficient (Wildman–Crippen LogP) is 1.90. The summed E-state index contributed by atoms with van der Waals surface area (Å²) < 4.78 is 10.8. The highest BCUT2D eigenvalue weighted by atomic mass is 32.2. The quantitative estimate of drug-likeness (QED) is 0.410. The van der Waals surface area contributed by atoms with Gasteiger partial charge in [0.05, 0.1) is 17.4 Å². The van der Waals surface area contributed by atoms with E-state index in [-0.39, 0.29) is 41.0 Å². The van der Waals surface area contributed by atoms with E-state index in [1.807, 2.05) is 13.8 Å². The molecule has 0 saturated carbocycles. The first-order valence-electron chi connectivity index (χ1n) is 7.47. The third-order valence-corrected chi connectivity index (χ3v) is 5.15. The van der Waals surface area contributed by atoms with Gasteiger partial charge in [0.2, 0.25) is 11.0 Å². The average molecular weight is 348 g/mol. The summed E-state index contributed by atoms with van der Waals surface area (Å²) in [6, 6.07) is 0. The van der Waals surface area contributed by atoms with Crippen molar-refractivity contribution in [3.05, 3.63) is 0 Å². The summed E-state index contributed by atoms with van der Waals surface area (Å²) in [7, 11) is -1.75. The van der Waals surface area contributed by atoms with E-state index in [1.54, 1.807) is 0 Å². The Morgan fingerprint density at radius 2 is 2.00 bits per heavy atom. The molecule has 1 aliphatic rings. The summed E-state index contributed by atoms with van der Waals surface area (Å²) in [5.74, 6) is -0.813. The van der Waals surface area contributed by atoms with Crippen LogP contribution in [0, 0.1) is 5.92 Å². The van der Waals surface area contributed by atoms with Gasteiger partial charge in [0, 0.05) is 6.42 Å². The molecule has 1 amide bonds. The first kappa shape index (κ1) is 19.2. The zero-order chi connectivity index (χ0) is 16.9. The van der Waals surface area contributed by atoms with Gasteiger partial charge in [-0.3, -0.25) is 14.4 Å². The fourth-order valence-electron chi connectivity index (χ4n) is 2.15. The van der Waals surface area contributed by atoms with Crippen LogP contribution in [0.4, 0.5) is 0 Å². The molecule has 0 aromatic carbocycles. The molecular weight excluding hydrogens is 322 g/mol. The third-order valence-electron chi connectivity index (χ3n) is 3.02. The molecule has 1 N–H and O–H groups in total. The molecule has 1 aliphatic heterocycles. The Hall–Kier alpha value is -0.863. The van der Waals surface area contributed by atoms with Crippen LogP contribution in [0.1, 0.15) is 26.7 Å². The summed E-state index contributed by atoms with van der Waals surface area (Å²) in [6.07, 6.45) is 0.766. The Kier molecular flexibility index (Phi) is 7.08. The average Bonchev–Trinajstić information content (AvgIpc) is 2.33. The van der Waals surface area contributed by atoms with Crippen molar-refractivity contribution in [3.63, 3.8) is 0 Å². The van der Waals surface area contributed by atoms with E-state index >= 15 is 0 Å². The predicted molar refractivity (Wildman–Crippen MR) is 87.8 cm³/mol. The molecule has 0 spiro atoms. The summed E-state index contributed by atoms with van der Waals surface area (Å²) in [5.41, 5.74) is 0. The van der Waals surface area contributed by atoms with Crippen molar-refractivity contribution in [1.82, 2.24) is 5.32 Å². The number of rotatable bonds is 8. The van der Waals surface area contributed by atoms with E-state index in [0.717, 1.165) is 11.8 Å². The number of hydrogen-bond donors (Lipinski definition) is 1. The number of carbonyl (C=O) groups excluding carboxylic acids is 3. The molecule has 8 heteroatoms. The van der Waals surface area contributed by atoms with Gasteiger partial charge in [0.25, 0.3) is 0 Å². The topological polar surface area (TPSA) is 81.7 Å². The lowest BCUT2D eigenvalue weighted by atomic mass is 9.96. The number of esters is 1. The fourth-order valence-corrected chi connectivity index (χ4v) is 4.49. The number of ether oxygens (including phenoxy) is 1. The number of amides is 1. The molecule has 0 aliphatic carbocycles. The minimum atomic E-state index is -1.75. The van der Waals surface area contributed by atoms with Crippen LogP contribution in [0.25, 0.3) is 0 Å². The van der Waals surface area contributed by atoms with Gasteiger partial charge in [-0.1, -0.05) is 18.7 Å². The number of carbonyl (C=O) groups is 3.